The predicted molar refractivity (Wildman–Crippen MR) is 76.1 cm³/mol. The van der Waals surface area contributed by atoms with Crippen molar-refractivity contribution in [3.05, 3.63) is 47.9 Å². The molecule has 2 aromatic rings. The number of sulfonamides is 1. The molecular weight excluding hydrogens is 274 g/mol. The van der Waals surface area contributed by atoms with E-state index in [2.05, 4.69) is 9.97 Å². The zero-order valence-corrected chi connectivity index (χ0v) is 12.0. The van der Waals surface area contributed by atoms with Crippen LogP contribution in [0, 0.1) is 6.92 Å². The van der Waals surface area contributed by atoms with Crippen molar-refractivity contribution in [3.8, 4) is 0 Å². The highest BCUT2D eigenvalue weighted by molar-refractivity contribution is 7.92. The van der Waals surface area contributed by atoms with Gasteiger partial charge in [-0.05, 0) is 43.0 Å². The molecule has 3 rings (SSSR count). The quantitative estimate of drug-likeness (QED) is 0.847. The number of aromatic nitrogens is 2. The molecule has 0 aliphatic carbocycles. The molecule has 5 nitrogen and oxygen atoms in total. The number of rotatable bonds is 2. The molecule has 0 N–H and O–H groups in total. The van der Waals surface area contributed by atoms with Crippen molar-refractivity contribution >= 4 is 15.8 Å². The lowest BCUT2D eigenvalue weighted by atomic mass is 10.1. The van der Waals surface area contributed by atoms with Crippen LogP contribution in [-0.4, -0.2) is 24.9 Å². The van der Waals surface area contributed by atoms with Crippen LogP contribution in [0.25, 0.3) is 0 Å². The average molecular weight is 289 g/mol. The van der Waals surface area contributed by atoms with Gasteiger partial charge < -0.3 is 0 Å². The van der Waals surface area contributed by atoms with Crippen molar-refractivity contribution in [1.29, 1.82) is 0 Å². The van der Waals surface area contributed by atoms with Crippen LogP contribution in [0.1, 0.15) is 17.5 Å². The summed E-state index contributed by atoms with van der Waals surface area (Å²) >= 11 is 0. The maximum atomic E-state index is 12.7. The molecule has 0 atom stereocenters. The van der Waals surface area contributed by atoms with E-state index in [4.69, 9.17) is 0 Å². The maximum Gasteiger partial charge on any atom is 0.267 e. The predicted octanol–water partition coefficient (Wildman–Crippen LogP) is 1.93. The van der Waals surface area contributed by atoms with E-state index in [1.54, 1.807) is 18.5 Å². The van der Waals surface area contributed by atoms with E-state index in [-0.39, 0.29) is 4.90 Å². The number of pyridine rings is 2. The molecule has 2 aromatic heterocycles. The molecule has 0 aromatic carbocycles. The Morgan fingerprint density at radius 3 is 2.95 bits per heavy atom. The normalized spacial score (nSPS) is 14.9. The fraction of sp³-hybridized carbons (Fsp3) is 0.286. The minimum absolute atomic E-state index is 0.219. The highest BCUT2D eigenvalue weighted by atomic mass is 32.2. The Balaban J connectivity index is 2.10. The summed E-state index contributed by atoms with van der Waals surface area (Å²) < 4.78 is 26.9. The molecule has 104 valence electrons. The molecule has 6 heteroatoms. The molecule has 1 aliphatic rings. The standard InChI is InChI=1S/C14H15N3O2S/c1-11-8-13(10-15-9-11)20(18,19)17-7-3-5-12-4-2-6-16-14(12)17/h2,4,6,8-10H,3,5,7H2,1H3. The molecule has 0 spiro atoms. The molecule has 0 radical (unpaired) electrons. The monoisotopic (exact) mass is 289 g/mol. The number of nitrogens with zero attached hydrogens (tertiary/aromatic N) is 3. The van der Waals surface area contributed by atoms with Crippen LogP contribution in [0.5, 0.6) is 0 Å². The van der Waals surface area contributed by atoms with Gasteiger partial charge in [0.25, 0.3) is 10.0 Å². The largest absolute Gasteiger partial charge is 0.267 e. The fourth-order valence-electron chi connectivity index (χ4n) is 2.40. The molecule has 3 heterocycles. The van der Waals surface area contributed by atoms with E-state index in [1.807, 2.05) is 19.1 Å². The third kappa shape index (κ3) is 2.16. The van der Waals surface area contributed by atoms with Gasteiger partial charge in [0.15, 0.2) is 0 Å². The smallest absolute Gasteiger partial charge is 0.263 e. The van der Waals surface area contributed by atoms with Crippen LogP contribution in [0.4, 0.5) is 5.82 Å². The number of hydrogen-bond acceptors (Lipinski definition) is 4. The number of hydrogen-bond donors (Lipinski definition) is 0. The van der Waals surface area contributed by atoms with Gasteiger partial charge in [-0.1, -0.05) is 6.07 Å². The van der Waals surface area contributed by atoms with E-state index in [9.17, 15) is 8.42 Å². The summed E-state index contributed by atoms with van der Waals surface area (Å²) in [6, 6.07) is 5.40. The summed E-state index contributed by atoms with van der Waals surface area (Å²) in [5, 5.41) is 0. The number of anilines is 1. The lowest BCUT2D eigenvalue weighted by molar-refractivity contribution is 0.585. The summed E-state index contributed by atoms with van der Waals surface area (Å²) in [4.78, 5) is 8.43. The fourth-order valence-corrected chi connectivity index (χ4v) is 3.94. The molecular formula is C14H15N3O2S. The van der Waals surface area contributed by atoms with Gasteiger partial charge in [0, 0.05) is 25.1 Å². The van der Waals surface area contributed by atoms with Crippen molar-refractivity contribution in [2.75, 3.05) is 10.8 Å². The first kappa shape index (κ1) is 13.1. The third-order valence-electron chi connectivity index (χ3n) is 3.35. The van der Waals surface area contributed by atoms with Crippen LogP contribution >= 0.6 is 0 Å². The average Bonchev–Trinajstić information content (AvgIpc) is 2.46. The number of fused-ring (bicyclic) bond motifs is 1. The zero-order chi connectivity index (χ0) is 14.2. The Labute approximate surface area is 118 Å². The molecule has 0 bridgehead atoms. The maximum absolute atomic E-state index is 12.7. The number of aryl methyl sites for hydroxylation is 2. The Hall–Kier alpha value is -1.95. The summed E-state index contributed by atoms with van der Waals surface area (Å²) in [5.74, 6) is 0.542. The first-order valence-electron chi connectivity index (χ1n) is 6.47. The lowest BCUT2D eigenvalue weighted by Gasteiger charge is -2.29. The molecule has 0 amide bonds. The molecule has 0 fully saturated rings. The highest BCUT2D eigenvalue weighted by Crippen LogP contribution is 2.29. The van der Waals surface area contributed by atoms with Crippen molar-refractivity contribution < 1.29 is 8.42 Å². The highest BCUT2D eigenvalue weighted by Gasteiger charge is 2.30. The van der Waals surface area contributed by atoms with Crippen molar-refractivity contribution in [2.24, 2.45) is 0 Å². The van der Waals surface area contributed by atoms with Crippen LogP contribution in [0.3, 0.4) is 0 Å². The Morgan fingerprint density at radius 2 is 2.15 bits per heavy atom. The van der Waals surface area contributed by atoms with Crippen LogP contribution < -0.4 is 4.31 Å². The SMILES string of the molecule is Cc1cncc(S(=O)(=O)N2CCCc3cccnc32)c1. The zero-order valence-electron chi connectivity index (χ0n) is 11.2. The topological polar surface area (TPSA) is 63.2 Å². The van der Waals surface area contributed by atoms with E-state index in [0.29, 0.717) is 12.4 Å². The Bertz CT molecular complexity index is 744. The first-order chi connectivity index (χ1) is 9.59. The molecule has 20 heavy (non-hydrogen) atoms. The first-order valence-corrected chi connectivity index (χ1v) is 7.91. The van der Waals surface area contributed by atoms with Crippen LogP contribution in [0.2, 0.25) is 0 Å². The molecule has 0 saturated heterocycles. The van der Waals surface area contributed by atoms with Gasteiger partial charge >= 0.3 is 0 Å². The van der Waals surface area contributed by atoms with Crippen molar-refractivity contribution in [3.63, 3.8) is 0 Å². The summed E-state index contributed by atoms with van der Waals surface area (Å²) in [7, 11) is -3.59. The second-order valence-electron chi connectivity index (χ2n) is 4.86. The minimum atomic E-state index is -3.59. The van der Waals surface area contributed by atoms with Crippen molar-refractivity contribution in [1.82, 2.24) is 9.97 Å². The third-order valence-corrected chi connectivity index (χ3v) is 5.10. The molecule has 1 aliphatic heterocycles. The summed E-state index contributed by atoms with van der Waals surface area (Å²) in [5.41, 5.74) is 1.80. The van der Waals surface area contributed by atoms with Gasteiger partial charge in [0.2, 0.25) is 0 Å². The van der Waals surface area contributed by atoms with Gasteiger partial charge in [-0.3, -0.25) is 4.98 Å². The van der Waals surface area contributed by atoms with Gasteiger partial charge in [0.1, 0.15) is 10.7 Å². The van der Waals surface area contributed by atoms with Crippen molar-refractivity contribution in [2.45, 2.75) is 24.7 Å². The van der Waals surface area contributed by atoms with Gasteiger partial charge in [-0.15, -0.1) is 0 Å². The van der Waals surface area contributed by atoms with E-state index in [1.165, 1.54) is 10.5 Å². The Kier molecular flexibility index (Phi) is 3.17. The lowest BCUT2D eigenvalue weighted by Crippen LogP contribution is -2.36. The second-order valence-corrected chi connectivity index (χ2v) is 6.73. The second kappa shape index (κ2) is 4.86. The van der Waals surface area contributed by atoms with E-state index < -0.39 is 10.0 Å². The minimum Gasteiger partial charge on any atom is -0.263 e. The van der Waals surface area contributed by atoms with Crippen LogP contribution in [0.15, 0.2) is 41.7 Å². The Morgan fingerprint density at radius 1 is 1.30 bits per heavy atom. The summed E-state index contributed by atoms with van der Waals surface area (Å²) in [6.45, 7) is 2.29. The van der Waals surface area contributed by atoms with E-state index in [0.717, 1.165) is 24.0 Å². The van der Waals surface area contributed by atoms with Gasteiger partial charge in [-0.2, -0.15) is 0 Å². The van der Waals surface area contributed by atoms with Crippen LogP contribution in [-0.2, 0) is 16.4 Å². The summed E-state index contributed by atoms with van der Waals surface area (Å²) in [6.07, 6.45) is 6.32. The molecule has 0 unspecified atom stereocenters. The van der Waals surface area contributed by atoms with Gasteiger partial charge in [-0.25, -0.2) is 17.7 Å². The van der Waals surface area contributed by atoms with E-state index >= 15 is 0 Å². The van der Waals surface area contributed by atoms with Gasteiger partial charge in [0.05, 0.1) is 0 Å². The molecule has 0 saturated carbocycles.